The molecule has 2 N–H and O–H groups in total. The highest BCUT2D eigenvalue weighted by atomic mass is 32.1. The maximum atomic E-state index is 9.08. The number of aliphatic hydroxyl groups is 1. The fourth-order valence-corrected chi connectivity index (χ4v) is 2.99. The lowest BCUT2D eigenvalue weighted by Gasteiger charge is -2.30. The molecular weight excluding hydrogens is 220 g/mol. The van der Waals surface area contributed by atoms with Gasteiger partial charge in [-0.25, -0.2) is 0 Å². The Bertz CT molecular complexity index is 340. The molecule has 0 aliphatic carbocycles. The van der Waals surface area contributed by atoms with E-state index >= 15 is 0 Å². The Hall–Kier alpha value is -0.870. The van der Waals surface area contributed by atoms with Gasteiger partial charge in [0.15, 0.2) is 0 Å². The molecular formula is C12H18N2OS. The van der Waals surface area contributed by atoms with E-state index in [1.54, 1.807) is 0 Å². The first-order valence-electron chi connectivity index (χ1n) is 5.70. The summed E-state index contributed by atoms with van der Waals surface area (Å²) >= 11 is 5.15. The molecule has 3 unspecified atom stereocenters. The largest absolute Gasteiger partial charge is 0.396 e. The topological polar surface area (TPSA) is 35.5 Å². The lowest BCUT2D eigenvalue weighted by atomic mass is 9.95. The van der Waals surface area contributed by atoms with E-state index in [0.717, 1.165) is 18.7 Å². The van der Waals surface area contributed by atoms with Crippen LogP contribution in [0.1, 0.15) is 19.8 Å². The molecule has 0 aromatic carbocycles. The van der Waals surface area contributed by atoms with E-state index in [1.165, 1.54) is 0 Å². The summed E-state index contributed by atoms with van der Waals surface area (Å²) in [5.41, 5.74) is 0. The van der Waals surface area contributed by atoms with Crippen LogP contribution in [0.4, 0.5) is 0 Å². The van der Waals surface area contributed by atoms with Crippen molar-refractivity contribution in [2.24, 2.45) is 5.92 Å². The molecule has 0 spiro atoms. The Balaban J connectivity index is 2.24. The first-order chi connectivity index (χ1) is 7.63. The fraction of sp³-hybridized carbons (Fsp3) is 0.583. The minimum absolute atomic E-state index is 0.250. The highest BCUT2D eigenvalue weighted by molar-refractivity contribution is 7.80. The van der Waals surface area contributed by atoms with Gasteiger partial charge in [-0.05, 0) is 31.8 Å². The molecule has 2 aliphatic heterocycles. The molecule has 1 fully saturated rings. The minimum atomic E-state index is 0.250. The Morgan fingerprint density at radius 3 is 3.12 bits per heavy atom. The average Bonchev–Trinajstić information content (AvgIpc) is 2.43. The second kappa shape index (κ2) is 4.55. The van der Waals surface area contributed by atoms with Gasteiger partial charge < -0.3 is 15.3 Å². The summed E-state index contributed by atoms with van der Waals surface area (Å²) in [6, 6.07) is 0.773. The van der Waals surface area contributed by atoms with Crippen LogP contribution < -0.4 is 5.32 Å². The van der Waals surface area contributed by atoms with Crippen molar-refractivity contribution in [3.05, 3.63) is 24.6 Å². The molecule has 2 rings (SSSR count). The van der Waals surface area contributed by atoms with Gasteiger partial charge in [0.1, 0.15) is 4.99 Å². The van der Waals surface area contributed by atoms with Crippen molar-refractivity contribution in [3.8, 4) is 0 Å². The number of fused-ring (bicyclic) bond motifs is 1. The van der Waals surface area contributed by atoms with Gasteiger partial charge in [0.25, 0.3) is 0 Å². The maximum absolute atomic E-state index is 9.08. The van der Waals surface area contributed by atoms with Crippen LogP contribution >= 0.6 is 12.2 Å². The van der Waals surface area contributed by atoms with E-state index in [0.29, 0.717) is 23.0 Å². The Kier molecular flexibility index (Phi) is 3.30. The molecule has 1 saturated heterocycles. The predicted octanol–water partition coefficient (Wildman–Crippen LogP) is 1.41. The summed E-state index contributed by atoms with van der Waals surface area (Å²) in [6.45, 7) is 6.48. The highest BCUT2D eigenvalue weighted by Crippen LogP contribution is 2.35. The third kappa shape index (κ3) is 1.99. The van der Waals surface area contributed by atoms with Crippen LogP contribution in [0, 0.1) is 5.92 Å². The number of hydrogen-bond donors (Lipinski definition) is 2. The van der Waals surface area contributed by atoms with Crippen LogP contribution in [0.25, 0.3) is 0 Å². The summed E-state index contributed by atoms with van der Waals surface area (Å²) in [5.74, 6) is 1.38. The summed E-state index contributed by atoms with van der Waals surface area (Å²) in [4.78, 5) is 2.99. The van der Waals surface area contributed by atoms with Crippen molar-refractivity contribution < 1.29 is 5.11 Å². The SMILES string of the molecule is C=C1NC(=S)C=CC2C(CCO)CC(C)N12. The smallest absolute Gasteiger partial charge is 0.104 e. The van der Waals surface area contributed by atoms with Crippen LogP contribution in [0.2, 0.25) is 0 Å². The van der Waals surface area contributed by atoms with Crippen LogP contribution in [0.3, 0.4) is 0 Å². The van der Waals surface area contributed by atoms with E-state index in [-0.39, 0.29) is 6.61 Å². The third-order valence-corrected chi connectivity index (χ3v) is 3.68. The normalized spacial score (nSPS) is 33.6. The van der Waals surface area contributed by atoms with Gasteiger partial charge in [0, 0.05) is 12.6 Å². The fourth-order valence-electron chi connectivity index (χ4n) is 2.80. The number of hydrogen-bond acceptors (Lipinski definition) is 3. The Morgan fingerprint density at radius 1 is 1.69 bits per heavy atom. The zero-order valence-corrected chi connectivity index (χ0v) is 10.3. The summed E-state index contributed by atoms with van der Waals surface area (Å²) in [7, 11) is 0. The van der Waals surface area contributed by atoms with Crippen molar-refractivity contribution in [2.75, 3.05) is 6.61 Å². The van der Waals surface area contributed by atoms with Gasteiger partial charge in [0.05, 0.1) is 11.9 Å². The molecule has 2 aliphatic rings. The molecule has 0 aromatic rings. The number of nitrogens with zero attached hydrogens (tertiary/aromatic N) is 1. The van der Waals surface area contributed by atoms with Gasteiger partial charge >= 0.3 is 0 Å². The van der Waals surface area contributed by atoms with Gasteiger partial charge in [-0.15, -0.1) is 0 Å². The molecule has 3 nitrogen and oxygen atoms in total. The predicted molar refractivity (Wildman–Crippen MR) is 68.9 cm³/mol. The van der Waals surface area contributed by atoms with E-state index < -0.39 is 0 Å². The lowest BCUT2D eigenvalue weighted by Crippen LogP contribution is -2.38. The second-order valence-electron chi connectivity index (χ2n) is 4.55. The summed E-state index contributed by atoms with van der Waals surface area (Å²) in [6.07, 6.45) is 6.02. The second-order valence-corrected chi connectivity index (χ2v) is 4.99. The van der Waals surface area contributed by atoms with Crippen LogP contribution in [-0.2, 0) is 0 Å². The quantitative estimate of drug-likeness (QED) is 0.713. The van der Waals surface area contributed by atoms with E-state index in [2.05, 4.69) is 29.8 Å². The van der Waals surface area contributed by atoms with E-state index in [9.17, 15) is 0 Å². The maximum Gasteiger partial charge on any atom is 0.104 e. The highest BCUT2D eigenvalue weighted by Gasteiger charge is 2.38. The van der Waals surface area contributed by atoms with Crippen LogP contribution in [-0.4, -0.2) is 33.7 Å². The molecule has 0 radical (unpaired) electrons. The van der Waals surface area contributed by atoms with Crippen molar-refractivity contribution in [3.63, 3.8) is 0 Å². The monoisotopic (exact) mass is 238 g/mol. The molecule has 16 heavy (non-hydrogen) atoms. The molecule has 88 valence electrons. The molecule has 0 aromatic heterocycles. The van der Waals surface area contributed by atoms with Gasteiger partial charge in [-0.3, -0.25) is 0 Å². The molecule has 4 heteroatoms. The number of rotatable bonds is 2. The third-order valence-electron chi connectivity index (χ3n) is 3.45. The van der Waals surface area contributed by atoms with Crippen molar-refractivity contribution >= 4 is 17.2 Å². The molecule has 0 bridgehead atoms. The van der Waals surface area contributed by atoms with Crippen molar-refractivity contribution in [2.45, 2.75) is 31.8 Å². The molecule has 0 saturated carbocycles. The lowest BCUT2D eigenvalue weighted by molar-refractivity contribution is 0.233. The van der Waals surface area contributed by atoms with E-state index in [1.807, 2.05) is 6.08 Å². The van der Waals surface area contributed by atoms with Crippen molar-refractivity contribution in [1.82, 2.24) is 10.2 Å². The number of aliphatic hydroxyl groups excluding tert-OH is 1. The van der Waals surface area contributed by atoms with Crippen LogP contribution in [0.5, 0.6) is 0 Å². The number of thiocarbonyl (C=S) groups is 1. The van der Waals surface area contributed by atoms with Gasteiger partial charge in [-0.1, -0.05) is 24.9 Å². The zero-order valence-electron chi connectivity index (χ0n) is 9.52. The minimum Gasteiger partial charge on any atom is -0.396 e. The first-order valence-corrected chi connectivity index (χ1v) is 6.11. The Labute approximate surface area is 102 Å². The molecule has 2 heterocycles. The summed E-state index contributed by atoms with van der Waals surface area (Å²) in [5, 5.41) is 12.2. The first kappa shape index (κ1) is 11.6. The number of nitrogens with one attached hydrogen (secondary N) is 1. The molecule has 0 amide bonds. The van der Waals surface area contributed by atoms with Gasteiger partial charge in [-0.2, -0.15) is 0 Å². The molecule has 3 atom stereocenters. The summed E-state index contributed by atoms with van der Waals surface area (Å²) < 4.78 is 0. The zero-order chi connectivity index (χ0) is 11.7. The Morgan fingerprint density at radius 2 is 2.44 bits per heavy atom. The van der Waals surface area contributed by atoms with Crippen molar-refractivity contribution in [1.29, 1.82) is 0 Å². The van der Waals surface area contributed by atoms with Crippen LogP contribution in [0.15, 0.2) is 24.6 Å². The van der Waals surface area contributed by atoms with E-state index in [4.69, 9.17) is 17.3 Å². The standard InChI is InChI=1S/C12H18N2OS/c1-8-7-10(5-6-15)11-3-4-12(16)13-9(2)14(8)11/h3-4,8,10-11,15H,2,5-7H2,1H3,(H,13,16). The average molecular weight is 238 g/mol. The van der Waals surface area contributed by atoms with Gasteiger partial charge in [0.2, 0.25) is 0 Å².